The van der Waals surface area contributed by atoms with Gasteiger partial charge >= 0.3 is 0 Å². The van der Waals surface area contributed by atoms with E-state index in [9.17, 15) is 18.0 Å². The Labute approximate surface area is 194 Å². The van der Waals surface area contributed by atoms with Crippen molar-refractivity contribution >= 4 is 33.2 Å². The average molecular weight is 472 g/mol. The number of hydrogen-bond donors (Lipinski definition) is 2. The Morgan fingerprint density at radius 1 is 1.06 bits per heavy atom. The van der Waals surface area contributed by atoms with Gasteiger partial charge in [-0.15, -0.1) is 0 Å². The van der Waals surface area contributed by atoms with E-state index in [1.807, 2.05) is 32.0 Å². The zero-order chi connectivity index (χ0) is 23.9. The molecular formula is C24H29N3O5S. The van der Waals surface area contributed by atoms with Crippen molar-refractivity contribution in [3.63, 3.8) is 0 Å². The predicted molar refractivity (Wildman–Crippen MR) is 126 cm³/mol. The van der Waals surface area contributed by atoms with Gasteiger partial charge in [-0.2, -0.15) is 4.31 Å². The molecule has 1 fully saturated rings. The summed E-state index contributed by atoms with van der Waals surface area (Å²) in [7, 11) is -3.77. The second-order valence-electron chi connectivity index (χ2n) is 8.91. The van der Waals surface area contributed by atoms with E-state index in [-0.39, 0.29) is 35.7 Å². The van der Waals surface area contributed by atoms with Gasteiger partial charge in [0.15, 0.2) is 6.10 Å². The van der Waals surface area contributed by atoms with Gasteiger partial charge in [0.1, 0.15) is 5.75 Å². The highest BCUT2D eigenvalue weighted by Crippen LogP contribution is 2.36. The fraction of sp³-hybridized carbons (Fsp3) is 0.417. The van der Waals surface area contributed by atoms with Gasteiger partial charge in [0.2, 0.25) is 15.9 Å². The Balaban J connectivity index is 1.45. The van der Waals surface area contributed by atoms with E-state index in [0.29, 0.717) is 29.8 Å². The highest BCUT2D eigenvalue weighted by Gasteiger charge is 2.34. The van der Waals surface area contributed by atoms with Gasteiger partial charge < -0.3 is 15.4 Å². The van der Waals surface area contributed by atoms with Crippen molar-refractivity contribution in [1.82, 2.24) is 4.31 Å². The van der Waals surface area contributed by atoms with Crippen LogP contribution in [0.25, 0.3) is 0 Å². The van der Waals surface area contributed by atoms with E-state index in [0.717, 1.165) is 16.8 Å². The molecule has 0 bridgehead atoms. The molecule has 0 unspecified atom stereocenters. The minimum absolute atomic E-state index is 0.0832. The third kappa shape index (κ3) is 4.74. The molecule has 9 heteroatoms. The molecule has 2 aliphatic heterocycles. The number of fused-ring (bicyclic) bond motifs is 1. The zero-order valence-electron chi connectivity index (χ0n) is 19.3. The van der Waals surface area contributed by atoms with Crippen molar-refractivity contribution in [2.75, 3.05) is 23.7 Å². The lowest BCUT2D eigenvalue weighted by Crippen LogP contribution is -2.41. The summed E-state index contributed by atoms with van der Waals surface area (Å²) in [4.78, 5) is 24.7. The van der Waals surface area contributed by atoms with Crippen molar-refractivity contribution in [3.8, 4) is 5.75 Å². The number of nitrogens with one attached hydrogen (secondary N) is 2. The molecule has 0 aromatic heterocycles. The summed E-state index contributed by atoms with van der Waals surface area (Å²) >= 11 is 0. The molecule has 0 radical (unpaired) electrons. The Morgan fingerprint density at radius 3 is 2.33 bits per heavy atom. The summed E-state index contributed by atoms with van der Waals surface area (Å²) in [5.74, 6) is -0.255. The third-order valence-electron chi connectivity index (χ3n) is 6.14. The van der Waals surface area contributed by atoms with Crippen molar-refractivity contribution in [2.24, 2.45) is 5.92 Å². The Morgan fingerprint density at radius 2 is 1.70 bits per heavy atom. The summed E-state index contributed by atoms with van der Waals surface area (Å²) in [6.07, 6.45) is 0.203. The number of piperidine rings is 1. The maximum atomic E-state index is 13.4. The highest BCUT2D eigenvalue weighted by atomic mass is 32.2. The van der Waals surface area contributed by atoms with Crippen LogP contribution in [0.15, 0.2) is 35.2 Å². The first-order chi connectivity index (χ1) is 15.5. The lowest BCUT2D eigenvalue weighted by Gasteiger charge is -2.31. The van der Waals surface area contributed by atoms with Crippen LogP contribution in [0, 0.1) is 26.7 Å². The van der Waals surface area contributed by atoms with Gasteiger partial charge in [0.05, 0.1) is 10.6 Å². The quantitative estimate of drug-likeness (QED) is 0.711. The number of ether oxygens (including phenoxy) is 1. The summed E-state index contributed by atoms with van der Waals surface area (Å²) in [5.41, 5.74) is 3.91. The van der Waals surface area contributed by atoms with Crippen LogP contribution >= 0.6 is 0 Å². The van der Waals surface area contributed by atoms with E-state index in [4.69, 9.17) is 4.74 Å². The van der Waals surface area contributed by atoms with E-state index in [2.05, 4.69) is 10.6 Å². The number of carbonyl (C=O) groups is 2. The number of amides is 2. The van der Waals surface area contributed by atoms with Crippen LogP contribution in [-0.4, -0.2) is 43.7 Å². The molecule has 2 heterocycles. The molecule has 2 N–H and O–H groups in total. The van der Waals surface area contributed by atoms with Gasteiger partial charge in [-0.25, -0.2) is 8.42 Å². The molecule has 33 heavy (non-hydrogen) atoms. The Hall–Kier alpha value is -2.91. The van der Waals surface area contributed by atoms with Gasteiger partial charge in [-0.1, -0.05) is 6.07 Å². The fourth-order valence-corrected chi connectivity index (χ4v) is 6.10. The number of nitrogens with zero attached hydrogens (tertiary/aromatic N) is 1. The average Bonchev–Trinajstić information content (AvgIpc) is 2.74. The molecule has 2 aliphatic rings. The lowest BCUT2D eigenvalue weighted by atomic mass is 9.97. The number of benzene rings is 2. The molecular weight excluding hydrogens is 442 g/mol. The van der Waals surface area contributed by atoms with E-state index in [1.165, 1.54) is 10.4 Å². The van der Waals surface area contributed by atoms with Crippen LogP contribution in [0.5, 0.6) is 5.75 Å². The van der Waals surface area contributed by atoms with Gasteiger partial charge in [-0.05, 0) is 75.4 Å². The fourth-order valence-electron chi connectivity index (χ4n) is 4.41. The molecule has 2 aromatic rings. The maximum absolute atomic E-state index is 13.4. The summed E-state index contributed by atoms with van der Waals surface area (Å²) in [6.45, 7) is 7.79. The Bertz CT molecular complexity index is 1200. The molecule has 4 rings (SSSR count). The smallest absolute Gasteiger partial charge is 0.265 e. The highest BCUT2D eigenvalue weighted by molar-refractivity contribution is 7.89. The van der Waals surface area contributed by atoms with Crippen molar-refractivity contribution in [1.29, 1.82) is 0 Å². The van der Waals surface area contributed by atoms with E-state index >= 15 is 0 Å². The topological polar surface area (TPSA) is 105 Å². The van der Waals surface area contributed by atoms with Crippen LogP contribution in [0.1, 0.15) is 36.5 Å². The summed E-state index contributed by atoms with van der Waals surface area (Å²) < 4.78 is 33.7. The minimum atomic E-state index is -3.77. The van der Waals surface area contributed by atoms with Crippen LogP contribution in [0.4, 0.5) is 11.4 Å². The normalized spacial score (nSPS) is 19.4. The number of hydrogen-bond acceptors (Lipinski definition) is 5. The maximum Gasteiger partial charge on any atom is 0.265 e. The van der Waals surface area contributed by atoms with Gasteiger partial charge in [0, 0.05) is 30.8 Å². The van der Waals surface area contributed by atoms with Gasteiger partial charge in [-0.3, -0.25) is 9.59 Å². The Kier molecular flexibility index (Phi) is 6.20. The van der Waals surface area contributed by atoms with Crippen LogP contribution < -0.4 is 15.4 Å². The third-order valence-corrected chi connectivity index (χ3v) is 8.18. The molecule has 176 valence electrons. The molecule has 0 aliphatic carbocycles. The van der Waals surface area contributed by atoms with Crippen LogP contribution in [0.2, 0.25) is 0 Å². The van der Waals surface area contributed by atoms with E-state index in [1.54, 1.807) is 19.9 Å². The molecule has 2 amide bonds. The number of sulfonamides is 1. The SMILES string of the molecule is Cc1cc(C)cc(NC(=O)C2CCN(S(=O)(=O)c3cc4c(cc3C)NC(=O)[C@@H](C)O4)CC2)c1. The summed E-state index contributed by atoms with van der Waals surface area (Å²) in [6, 6.07) is 9.00. The molecule has 0 spiro atoms. The first kappa shape index (κ1) is 23.3. The largest absolute Gasteiger partial charge is 0.479 e. The number of rotatable bonds is 4. The molecule has 0 saturated carbocycles. The van der Waals surface area contributed by atoms with Crippen molar-refractivity contribution < 1.29 is 22.7 Å². The zero-order valence-corrected chi connectivity index (χ0v) is 20.1. The first-order valence-electron chi connectivity index (χ1n) is 11.1. The molecule has 8 nitrogen and oxygen atoms in total. The minimum Gasteiger partial charge on any atom is -0.479 e. The van der Waals surface area contributed by atoms with Crippen molar-refractivity contribution in [2.45, 2.75) is 51.5 Å². The number of anilines is 2. The first-order valence-corrected chi connectivity index (χ1v) is 12.5. The predicted octanol–water partition coefficient (Wildman–Crippen LogP) is 3.37. The second-order valence-corrected chi connectivity index (χ2v) is 10.8. The summed E-state index contributed by atoms with van der Waals surface area (Å²) in [5, 5.41) is 5.71. The molecule has 1 atom stereocenters. The monoisotopic (exact) mass is 471 g/mol. The standard InChI is InChI=1S/C24H29N3O5S/c1-14-9-15(2)11-19(10-14)25-24(29)18-5-7-27(8-6-18)33(30,31)22-13-21-20(12-16(22)3)26-23(28)17(4)32-21/h9-13,17-18H,5-8H2,1-4H3,(H,25,29)(H,26,28)/t17-/m1/s1. The number of aryl methyl sites for hydroxylation is 3. The molecule has 2 aromatic carbocycles. The van der Waals surface area contributed by atoms with Crippen molar-refractivity contribution in [3.05, 3.63) is 47.0 Å². The van der Waals surface area contributed by atoms with Crippen LogP contribution in [-0.2, 0) is 19.6 Å². The lowest BCUT2D eigenvalue weighted by molar-refractivity contribution is -0.123. The number of carbonyl (C=O) groups excluding carboxylic acids is 2. The van der Waals surface area contributed by atoms with E-state index < -0.39 is 16.1 Å². The second kappa shape index (κ2) is 8.79. The van der Waals surface area contributed by atoms with Gasteiger partial charge in [0.25, 0.3) is 5.91 Å². The van der Waals surface area contributed by atoms with Crippen LogP contribution in [0.3, 0.4) is 0 Å². The molecule has 1 saturated heterocycles.